The maximum absolute atomic E-state index is 12.9. The molecule has 0 saturated carbocycles. The van der Waals surface area contributed by atoms with Crippen LogP contribution in [0.5, 0.6) is 11.5 Å². The number of aromatic hydroxyl groups is 2. The lowest BCUT2D eigenvalue weighted by Gasteiger charge is -2.34. The first-order chi connectivity index (χ1) is 13.5. The SMILES string of the molecule is O=S(=O)(O)C(c1ccc(Cl)cc1)(c1ccc(O)cc1Cl)c1ccc(Cl)c(Cl)c1O. The third-order valence-corrected chi connectivity index (χ3v) is 7.23. The van der Waals surface area contributed by atoms with Gasteiger partial charge in [0.1, 0.15) is 16.5 Å². The summed E-state index contributed by atoms with van der Waals surface area (Å²) in [5.41, 5.74) is -0.398. The number of hydrogen-bond donors (Lipinski definition) is 3. The highest BCUT2D eigenvalue weighted by Gasteiger charge is 2.51. The number of phenolic OH excluding ortho intramolecular Hbond substituents is 2. The smallest absolute Gasteiger partial charge is 0.283 e. The number of benzene rings is 3. The topological polar surface area (TPSA) is 94.8 Å². The molecule has 3 aromatic rings. The highest BCUT2D eigenvalue weighted by Crippen LogP contribution is 2.51. The zero-order valence-electron chi connectivity index (χ0n) is 14.3. The summed E-state index contributed by atoms with van der Waals surface area (Å²) in [6.07, 6.45) is 0. The molecule has 1 unspecified atom stereocenters. The Balaban J connectivity index is 2.59. The molecule has 1 atom stereocenters. The lowest BCUT2D eigenvalue weighted by atomic mass is 9.83. The first-order valence-corrected chi connectivity index (χ1v) is 10.8. The summed E-state index contributed by atoms with van der Waals surface area (Å²) >= 11 is 24.2. The van der Waals surface area contributed by atoms with Gasteiger partial charge < -0.3 is 10.2 Å². The van der Waals surface area contributed by atoms with Crippen LogP contribution in [-0.4, -0.2) is 23.2 Å². The molecule has 0 aliphatic carbocycles. The fourth-order valence-corrected chi connectivity index (χ4v) is 5.33. The Kier molecular flexibility index (Phi) is 5.98. The van der Waals surface area contributed by atoms with Crippen molar-refractivity contribution >= 4 is 56.5 Å². The van der Waals surface area contributed by atoms with Gasteiger partial charge in [-0.1, -0.05) is 70.7 Å². The zero-order valence-corrected chi connectivity index (χ0v) is 18.1. The zero-order chi connectivity index (χ0) is 21.6. The average molecular weight is 494 g/mol. The largest absolute Gasteiger partial charge is 0.508 e. The molecule has 0 amide bonds. The second-order valence-electron chi connectivity index (χ2n) is 6.08. The third kappa shape index (κ3) is 3.65. The van der Waals surface area contributed by atoms with E-state index >= 15 is 0 Å². The average Bonchev–Trinajstić information content (AvgIpc) is 2.63. The van der Waals surface area contributed by atoms with Gasteiger partial charge in [0.2, 0.25) is 0 Å². The van der Waals surface area contributed by atoms with Gasteiger partial charge in [-0.05, 0) is 35.9 Å². The number of halogens is 4. The van der Waals surface area contributed by atoms with Gasteiger partial charge in [0, 0.05) is 21.2 Å². The van der Waals surface area contributed by atoms with E-state index in [-0.39, 0.29) is 37.5 Å². The van der Waals surface area contributed by atoms with Gasteiger partial charge in [-0.15, -0.1) is 0 Å². The molecule has 0 spiro atoms. The summed E-state index contributed by atoms with van der Waals surface area (Å²) in [5, 5.41) is 20.2. The molecule has 0 saturated heterocycles. The Morgan fingerprint density at radius 3 is 1.90 bits per heavy atom. The van der Waals surface area contributed by atoms with Crippen molar-refractivity contribution in [3.63, 3.8) is 0 Å². The molecule has 3 N–H and O–H groups in total. The van der Waals surface area contributed by atoms with Crippen molar-refractivity contribution in [1.82, 2.24) is 0 Å². The molecule has 3 aromatic carbocycles. The van der Waals surface area contributed by atoms with E-state index in [4.69, 9.17) is 46.4 Å². The number of hydrogen-bond acceptors (Lipinski definition) is 4. The van der Waals surface area contributed by atoms with Crippen molar-refractivity contribution in [3.8, 4) is 11.5 Å². The summed E-state index contributed by atoms with van der Waals surface area (Å²) in [6, 6.07) is 11.6. The summed E-state index contributed by atoms with van der Waals surface area (Å²) in [5.74, 6) is -0.881. The predicted octanol–water partition coefficient (Wildman–Crippen LogP) is 5.89. The minimum Gasteiger partial charge on any atom is -0.508 e. The van der Waals surface area contributed by atoms with Crippen molar-refractivity contribution in [2.45, 2.75) is 4.75 Å². The van der Waals surface area contributed by atoms with E-state index in [0.717, 1.165) is 6.07 Å². The Morgan fingerprint density at radius 1 is 0.759 bits per heavy atom. The second-order valence-corrected chi connectivity index (χ2v) is 9.28. The lowest BCUT2D eigenvalue weighted by Crippen LogP contribution is -2.38. The van der Waals surface area contributed by atoms with Gasteiger partial charge in [-0.25, -0.2) is 0 Å². The summed E-state index contributed by atoms with van der Waals surface area (Å²) in [7, 11) is -5.06. The first-order valence-electron chi connectivity index (χ1n) is 7.89. The van der Waals surface area contributed by atoms with Crippen LogP contribution in [0.15, 0.2) is 54.6 Å². The van der Waals surface area contributed by atoms with Gasteiger partial charge in [0.15, 0.2) is 4.75 Å². The number of rotatable bonds is 4. The van der Waals surface area contributed by atoms with E-state index in [9.17, 15) is 23.2 Å². The van der Waals surface area contributed by atoms with Crippen LogP contribution in [0.4, 0.5) is 0 Å². The molecule has 0 aliphatic heterocycles. The van der Waals surface area contributed by atoms with Crippen LogP contribution in [0, 0.1) is 0 Å². The normalized spacial score (nSPS) is 13.8. The molecule has 0 radical (unpaired) electrons. The van der Waals surface area contributed by atoms with Crippen LogP contribution < -0.4 is 0 Å². The molecule has 0 fully saturated rings. The Labute approximate surface area is 186 Å². The van der Waals surface area contributed by atoms with Crippen LogP contribution in [0.3, 0.4) is 0 Å². The second kappa shape index (κ2) is 7.87. The molecule has 0 bridgehead atoms. The maximum Gasteiger partial charge on any atom is 0.283 e. The Hall–Kier alpha value is -1.67. The molecule has 29 heavy (non-hydrogen) atoms. The standard InChI is InChI=1S/C19H12Cl4O5S/c20-11-3-1-10(2-4-11)19(29(26,27)28,13-6-5-12(24)9-16(13)22)14-7-8-15(21)17(23)18(14)25/h1-9,24-25H,(H,26,27,28). The van der Waals surface area contributed by atoms with E-state index in [0.29, 0.717) is 5.02 Å². The summed E-state index contributed by atoms with van der Waals surface area (Å²) < 4.78 is 33.9. The molecule has 5 nitrogen and oxygen atoms in total. The fraction of sp³-hybridized carbons (Fsp3) is 0.0526. The predicted molar refractivity (Wildman–Crippen MR) is 114 cm³/mol. The Bertz CT molecular complexity index is 1200. The minimum atomic E-state index is -5.06. The first kappa shape index (κ1) is 22.0. The van der Waals surface area contributed by atoms with Gasteiger partial charge in [-0.2, -0.15) is 8.42 Å². The summed E-state index contributed by atoms with van der Waals surface area (Å²) in [6.45, 7) is 0. The van der Waals surface area contributed by atoms with Crippen molar-refractivity contribution in [2.75, 3.05) is 0 Å². The van der Waals surface area contributed by atoms with Gasteiger partial charge in [0.05, 0.1) is 5.02 Å². The fourth-order valence-electron chi connectivity index (χ4n) is 3.18. The molecule has 0 aliphatic rings. The third-order valence-electron chi connectivity index (χ3n) is 4.42. The summed E-state index contributed by atoms with van der Waals surface area (Å²) in [4.78, 5) is 0. The maximum atomic E-state index is 12.9. The lowest BCUT2D eigenvalue weighted by molar-refractivity contribution is 0.440. The van der Waals surface area contributed by atoms with E-state index in [1.165, 1.54) is 48.5 Å². The minimum absolute atomic E-state index is 0.0191. The van der Waals surface area contributed by atoms with Crippen molar-refractivity contribution in [1.29, 1.82) is 0 Å². The van der Waals surface area contributed by atoms with Crippen molar-refractivity contribution in [2.24, 2.45) is 0 Å². The molecular weight excluding hydrogens is 482 g/mol. The monoisotopic (exact) mass is 492 g/mol. The van der Waals surface area contributed by atoms with Crippen molar-refractivity contribution < 1.29 is 23.2 Å². The molecular formula is C19H12Cl4O5S. The van der Waals surface area contributed by atoms with E-state index in [1.807, 2.05) is 0 Å². The molecule has 0 heterocycles. The highest BCUT2D eigenvalue weighted by molar-refractivity contribution is 7.87. The van der Waals surface area contributed by atoms with Crippen LogP contribution >= 0.6 is 46.4 Å². The van der Waals surface area contributed by atoms with Gasteiger partial charge >= 0.3 is 0 Å². The van der Waals surface area contributed by atoms with Gasteiger partial charge in [-0.3, -0.25) is 4.55 Å². The van der Waals surface area contributed by atoms with Crippen LogP contribution in [0.2, 0.25) is 20.1 Å². The van der Waals surface area contributed by atoms with Crippen LogP contribution in [0.1, 0.15) is 16.7 Å². The van der Waals surface area contributed by atoms with E-state index in [1.54, 1.807) is 0 Å². The van der Waals surface area contributed by atoms with Gasteiger partial charge in [0.25, 0.3) is 10.1 Å². The van der Waals surface area contributed by atoms with E-state index < -0.39 is 20.6 Å². The van der Waals surface area contributed by atoms with Crippen molar-refractivity contribution in [3.05, 3.63) is 91.4 Å². The number of phenols is 2. The quantitative estimate of drug-likeness (QED) is 0.311. The highest BCUT2D eigenvalue weighted by atomic mass is 35.5. The molecule has 3 rings (SSSR count). The van der Waals surface area contributed by atoms with Crippen LogP contribution in [0.25, 0.3) is 0 Å². The molecule has 10 heteroatoms. The molecule has 152 valence electrons. The van der Waals surface area contributed by atoms with Crippen LogP contribution in [-0.2, 0) is 14.9 Å². The Morgan fingerprint density at radius 2 is 1.34 bits per heavy atom. The molecule has 0 aromatic heterocycles. The van der Waals surface area contributed by atoms with E-state index in [2.05, 4.69) is 0 Å².